The molecule has 0 amide bonds. The Morgan fingerprint density at radius 2 is 2.00 bits per heavy atom. The Hall–Kier alpha value is -1.57. The van der Waals surface area contributed by atoms with Gasteiger partial charge in [0.25, 0.3) is 0 Å². The van der Waals surface area contributed by atoms with Gasteiger partial charge in [-0.15, -0.1) is 0 Å². The van der Waals surface area contributed by atoms with E-state index in [1.807, 2.05) is 6.20 Å². The van der Waals surface area contributed by atoms with E-state index >= 15 is 0 Å². The summed E-state index contributed by atoms with van der Waals surface area (Å²) in [6.45, 7) is 6.87. The molecule has 0 saturated heterocycles. The van der Waals surface area contributed by atoms with E-state index in [0.717, 1.165) is 6.42 Å². The first kappa shape index (κ1) is 10.6. The smallest absolute Gasteiger partial charge is 0.0569 e. The molecule has 1 unspecified atom stereocenters. The Morgan fingerprint density at radius 3 is 2.71 bits per heavy atom. The summed E-state index contributed by atoms with van der Waals surface area (Å²) in [4.78, 5) is 0. The minimum atomic E-state index is 0.114. The van der Waals surface area contributed by atoms with Crippen LogP contribution in [0.1, 0.15) is 38.4 Å². The number of aromatic amines is 1. The van der Waals surface area contributed by atoms with E-state index in [1.54, 1.807) is 0 Å². The zero-order chi connectivity index (χ0) is 12.0. The van der Waals surface area contributed by atoms with Gasteiger partial charge in [-0.1, -0.05) is 45.0 Å². The monoisotopic (exact) mass is 226 g/mol. The van der Waals surface area contributed by atoms with Crippen molar-refractivity contribution in [2.45, 2.75) is 32.6 Å². The van der Waals surface area contributed by atoms with Crippen molar-refractivity contribution in [1.29, 1.82) is 0 Å². The molecule has 0 saturated carbocycles. The first-order valence-corrected chi connectivity index (χ1v) is 6.35. The number of benzene rings is 1. The highest BCUT2D eigenvalue weighted by molar-refractivity contribution is 5.79. The van der Waals surface area contributed by atoms with Crippen LogP contribution in [0.2, 0.25) is 0 Å². The van der Waals surface area contributed by atoms with Crippen LogP contribution in [0.3, 0.4) is 0 Å². The van der Waals surface area contributed by atoms with Gasteiger partial charge in [0.1, 0.15) is 0 Å². The molecule has 17 heavy (non-hydrogen) atoms. The van der Waals surface area contributed by atoms with Gasteiger partial charge < -0.3 is 0 Å². The van der Waals surface area contributed by atoms with Gasteiger partial charge in [-0.2, -0.15) is 5.10 Å². The van der Waals surface area contributed by atoms with Gasteiger partial charge in [-0.25, -0.2) is 0 Å². The van der Waals surface area contributed by atoms with Gasteiger partial charge in [0.2, 0.25) is 0 Å². The molecule has 3 rings (SSSR count). The molecule has 2 nitrogen and oxygen atoms in total. The molecule has 0 fully saturated rings. The Labute approximate surface area is 102 Å². The molecule has 1 aliphatic rings. The summed E-state index contributed by atoms with van der Waals surface area (Å²) < 4.78 is 0. The van der Waals surface area contributed by atoms with Crippen molar-refractivity contribution >= 4 is 0 Å². The van der Waals surface area contributed by atoms with Gasteiger partial charge in [-0.05, 0) is 23.5 Å². The van der Waals surface area contributed by atoms with Crippen molar-refractivity contribution in [2.24, 2.45) is 5.92 Å². The largest absolute Gasteiger partial charge is 0.281 e. The van der Waals surface area contributed by atoms with E-state index in [9.17, 15) is 0 Å². The van der Waals surface area contributed by atoms with Crippen LogP contribution in [0.4, 0.5) is 0 Å². The van der Waals surface area contributed by atoms with Gasteiger partial charge in [0.15, 0.2) is 0 Å². The quantitative estimate of drug-likeness (QED) is 0.830. The van der Waals surface area contributed by atoms with Gasteiger partial charge >= 0.3 is 0 Å². The average Bonchev–Trinajstić information content (AvgIpc) is 2.88. The van der Waals surface area contributed by atoms with Gasteiger partial charge in [0.05, 0.1) is 11.9 Å². The normalized spacial score (nSPS) is 21.6. The van der Waals surface area contributed by atoms with Crippen LogP contribution in [0.5, 0.6) is 0 Å². The molecule has 1 aromatic carbocycles. The zero-order valence-corrected chi connectivity index (χ0v) is 10.6. The fourth-order valence-electron chi connectivity index (χ4n) is 3.45. The lowest BCUT2D eigenvalue weighted by atomic mass is 9.70. The van der Waals surface area contributed by atoms with Crippen molar-refractivity contribution < 1.29 is 0 Å². The second-order valence-electron chi connectivity index (χ2n) is 5.18. The van der Waals surface area contributed by atoms with E-state index in [1.165, 1.54) is 22.4 Å². The summed E-state index contributed by atoms with van der Waals surface area (Å²) in [6.07, 6.45) is 3.07. The highest BCUT2D eigenvalue weighted by atomic mass is 15.1. The Bertz CT molecular complexity index is 554. The maximum atomic E-state index is 4.24. The number of H-pyrrole nitrogens is 1. The molecule has 1 atom stereocenters. The maximum absolute atomic E-state index is 4.24. The standard InChI is InChI=1S/C15H18N2/c1-4-15(10(2)3)13-8-6-5-7-11(13)12-9-16-17-14(12)15/h5-10H,4H2,1-3H3,(H,16,17). The molecule has 2 heteroatoms. The minimum Gasteiger partial charge on any atom is -0.281 e. The van der Waals surface area contributed by atoms with Crippen LogP contribution in [0, 0.1) is 5.92 Å². The lowest BCUT2D eigenvalue weighted by Gasteiger charge is -2.33. The molecule has 1 aromatic heterocycles. The van der Waals surface area contributed by atoms with Crippen molar-refractivity contribution in [3.63, 3.8) is 0 Å². The van der Waals surface area contributed by atoms with Crippen LogP contribution in [-0.4, -0.2) is 10.2 Å². The van der Waals surface area contributed by atoms with E-state index in [2.05, 4.69) is 55.2 Å². The van der Waals surface area contributed by atoms with E-state index in [4.69, 9.17) is 0 Å². The van der Waals surface area contributed by atoms with Crippen LogP contribution >= 0.6 is 0 Å². The SMILES string of the molecule is CCC1(C(C)C)c2ccccc2-c2cn[nH]c21. The fraction of sp³-hybridized carbons (Fsp3) is 0.400. The van der Waals surface area contributed by atoms with Crippen molar-refractivity contribution in [3.05, 3.63) is 41.7 Å². The second-order valence-corrected chi connectivity index (χ2v) is 5.18. The first-order chi connectivity index (χ1) is 8.21. The highest BCUT2D eigenvalue weighted by Gasteiger charge is 2.45. The van der Waals surface area contributed by atoms with Gasteiger partial charge in [0, 0.05) is 11.0 Å². The maximum Gasteiger partial charge on any atom is 0.0569 e. The number of rotatable bonds is 2. The summed E-state index contributed by atoms with van der Waals surface area (Å²) in [6, 6.07) is 8.74. The molecule has 2 aromatic rings. The summed E-state index contributed by atoms with van der Waals surface area (Å²) >= 11 is 0. The average molecular weight is 226 g/mol. The molecule has 88 valence electrons. The Morgan fingerprint density at radius 1 is 1.24 bits per heavy atom. The summed E-state index contributed by atoms with van der Waals surface area (Å²) in [5.41, 5.74) is 5.52. The molecule has 0 aliphatic heterocycles. The molecule has 1 heterocycles. The Kier molecular flexibility index (Phi) is 2.15. The van der Waals surface area contributed by atoms with E-state index in [-0.39, 0.29) is 5.41 Å². The number of nitrogens with one attached hydrogen (secondary N) is 1. The Balaban J connectivity index is 2.37. The van der Waals surface area contributed by atoms with Crippen molar-refractivity contribution in [3.8, 4) is 11.1 Å². The third-order valence-corrected chi connectivity index (χ3v) is 4.33. The zero-order valence-electron chi connectivity index (χ0n) is 10.6. The summed E-state index contributed by atoms with van der Waals surface area (Å²) in [5.74, 6) is 0.565. The predicted octanol–water partition coefficient (Wildman–Crippen LogP) is 3.74. The van der Waals surface area contributed by atoms with Gasteiger partial charge in [-0.3, -0.25) is 5.10 Å². The molecule has 1 N–H and O–H groups in total. The van der Waals surface area contributed by atoms with E-state index in [0.29, 0.717) is 5.92 Å². The number of hydrogen-bond acceptors (Lipinski definition) is 1. The number of aromatic nitrogens is 2. The third kappa shape index (κ3) is 1.13. The van der Waals surface area contributed by atoms with Crippen LogP contribution in [0.25, 0.3) is 11.1 Å². The van der Waals surface area contributed by atoms with Crippen LogP contribution in [0.15, 0.2) is 30.5 Å². The number of fused-ring (bicyclic) bond motifs is 3. The number of nitrogens with zero attached hydrogens (tertiary/aromatic N) is 1. The second kappa shape index (κ2) is 3.46. The van der Waals surface area contributed by atoms with Crippen molar-refractivity contribution in [2.75, 3.05) is 0 Å². The van der Waals surface area contributed by atoms with Crippen LogP contribution < -0.4 is 0 Å². The summed E-state index contributed by atoms with van der Waals surface area (Å²) in [7, 11) is 0. The minimum absolute atomic E-state index is 0.114. The molecular weight excluding hydrogens is 208 g/mol. The lowest BCUT2D eigenvalue weighted by Crippen LogP contribution is -2.31. The number of hydrogen-bond donors (Lipinski definition) is 1. The highest BCUT2D eigenvalue weighted by Crippen LogP contribution is 2.53. The molecule has 1 aliphatic carbocycles. The fourth-order valence-corrected chi connectivity index (χ4v) is 3.45. The lowest BCUT2D eigenvalue weighted by molar-refractivity contribution is 0.357. The molecular formula is C15H18N2. The first-order valence-electron chi connectivity index (χ1n) is 6.35. The third-order valence-electron chi connectivity index (χ3n) is 4.33. The van der Waals surface area contributed by atoms with Crippen molar-refractivity contribution in [1.82, 2.24) is 10.2 Å². The summed E-state index contributed by atoms with van der Waals surface area (Å²) in [5, 5.41) is 7.48. The van der Waals surface area contributed by atoms with Crippen LogP contribution in [-0.2, 0) is 5.41 Å². The molecule has 0 radical (unpaired) electrons. The van der Waals surface area contributed by atoms with E-state index < -0.39 is 0 Å². The predicted molar refractivity (Wildman–Crippen MR) is 69.9 cm³/mol. The molecule has 0 bridgehead atoms. The topological polar surface area (TPSA) is 28.7 Å². The molecule has 0 spiro atoms.